The fourth-order valence-corrected chi connectivity index (χ4v) is 2.32. The molecule has 5 heteroatoms. The molecule has 106 valence electrons. The maximum absolute atomic E-state index is 11.2. The van der Waals surface area contributed by atoms with Crippen LogP contribution in [0.3, 0.4) is 0 Å². The Morgan fingerprint density at radius 1 is 1.10 bits per heavy atom. The first kappa shape index (κ1) is 13.3. The zero-order chi connectivity index (χ0) is 14.7. The minimum absolute atomic E-state index is 0.194. The van der Waals surface area contributed by atoms with Crippen molar-refractivity contribution in [1.29, 1.82) is 0 Å². The molecule has 0 saturated heterocycles. The van der Waals surface area contributed by atoms with Gasteiger partial charge in [-0.05, 0) is 17.2 Å². The van der Waals surface area contributed by atoms with E-state index in [1.165, 1.54) is 0 Å². The number of hydrogen-bond acceptors (Lipinski definition) is 3. The molecule has 0 fully saturated rings. The van der Waals surface area contributed by atoms with Crippen LogP contribution in [0, 0.1) is 0 Å². The zero-order valence-electron chi connectivity index (χ0n) is 11.5. The van der Waals surface area contributed by atoms with Crippen molar-refractivity contribution in [3.05, 3.63) is 65.9 Å². The third kappa shape index (κ3) is 2.93. The monoisotopic (exact) mass is 280 g/mol. The Morgan fingerprint density at radius 3 is 2.57 bits per heavy atom. The van der Waals surface area contributed by atoms with Gasteiger partial charge in [0.15, 0.2) is 0 Å². The molecular formula is C16H16N4O. The molecule has 0 radical (unpaired) electrons. The van der Waals surface area contributed by atoms with Crippen molar-refractivity contribution in [2.75, 3.05) is 0 Å². The summed E-state index contributed by atoms with van der Waals surface area (Å²) in [6.07, 6.45) is 2.16. The lowest BCUT2D eigenvalue weighted by Gasteiger charge is -2.06. The third-order valence-electron chi connectivity index (χ3n) is 3.43. The zero-order valence-corrected chi connectivity index (χ0v) is 11.5. The lowest BCUT2D eigenvalue weighted by Crippen LogP contribution is -2.31. The van der Waals surface area contributed by atoms with Crippen molar-refractivity contribution in [2.45, 2.75) is 13.0 Å². The minimum atomic E-state index is -0.194. The summed E-state index contributed by atoms with van der Waals surface area (Å²) in [5.41, 5.74) is 5.32. The van der Waals surface area contributed by atoms with E-state index in [1.54, 1.807) is 0 Å². The van der Waals surface area contributed by atoms with Crippen LogP contribution in [0.5, 0.6) is 0 Å². The number of nitrogens with zero attached hydrogens (tertiary/aromatic N) is 2. The molecule has 5 nitrogen and oxygen atoms in total. The van der Waals surface area contributed by atoms with Gasteiger partial charge in [0.2, 0.25) is 5.91 Å². The van der Waals surface area contributed by atoms with Gasteiger partial charge in [-0.1, -0.05) is 42.5 Å². The number of hydrazine groups is 1. The van der Waals surface area contributed by atoms with Gasteiger partial charge in [0.05, 0.1) is 24.7 Å². The minimum Gasteiger partial charge on any atom is -0.294 e. The van der Waals surface area contributed by atoms with Crippen LogP contribution in [0.1, 0.15) is 11.1 Å². The van der Waals surface area contributed by atoms with E-state index in [1.807, 2.05) is 53.3 Å². The van der Waals surface area contributed by atoms with Gasteiger partial charge in [-0.15, -0.1) is 0 Å². The molecule has 0 unspecified atom stereocenters. The number of rotatable bonds is 4. The molecule has 3 N–H and O–H groups in total. The predicted molar refractivity (Wildman–Crippen MR) is 81.3 cm³/mol. The second-order valence-electron chi connectivity index (χ2n) is 4.92. The average Bonchev–Trinajstić information content (AvgIpc) is 2.92. The fraction of sp³-hybridized carbons (Fsp3) is 0.125. The van der Waals surface area contributed by atoms with Crippen LogP contribution in [0.25, 0.3) is 10.9 Å². The van der Waals surface area contributed by atoms with Crippen molar-refractivity contribution >= 4 is 16.8 Å². The van der Waals surface area contributed by atoms with Crippen LogP contribution in [0.4, 0.5) is 0 Å². The number of aromatic nitrogens is 2. The van der Waals surface area contributed by atoms with Gasteiger partial charge in [0.25, 0.3) is 0 Å². The largest absolute Gasteiger partial charge is 0.294 e. The highest BCUT2D eigenvalue weighted by molar-refractivity contribution is 5.78. The molecule has 3 rings (SSSR count). The van der Waals surface area contributed by atoms with Gasteiger partial charge < -0.3 is 0 Å². The van der Waals surface area contributed by atoms with Crippen LogP contribution in [0.15, 0.2) is 54.7 Å². The van der Waals surface area contributed by atoms with E-state index in [0.29, 0.717) is 13.0 Å². The quantitative estimate of drug-likeness (QED) is 0.433. The number of hydrogen-bond donors (Lipinski definition) is 2. The number of nitrogens with two attached hydrogens (primary N) is 1. The normalized spacial score (nSPS) is 10.7. The Morgan fingerprint density at radius 2 is 1.81 bits per heavy atom. The summed E-state index contributed by atoms with van der Waals surface area (Å²) in [7, 11) is 0. The second-order valence-corrected chi connectivity index (χ2v) is 4.92. The molecule has 0 aliphatic heterocycles. The highest BCUT2D eigenvalue weighted by Crippen LogP contribution is 2.15. The first-order valence-corrected chi connectivity index (χ1v) is 6.74. The summed E-state index contributed by atoms with van der Waals surface area (Å²) in [6.45, 7) is 0.705. The van der Waals surface area contributed by atoms with Crippen LogP contribution in [-0.4, -0.2) is 15.7 Å². The molecule has 3 aromatic rings. The SMILES string of the molecule is NNC(=O)Cc1ccc(Cn2ncc3ccccc32)cc1. The van der Waals surface area contributed by atoms with E-state index in [-0.39, 0.29) is 5.91 Å². The Hall–Kier alpha value is -2.66. The first-order valence-electron chi connectivity index (χ1n) is 6.74. The Balaban J connectivity index is 1.77. The van der Waals surface area contributed by atoms with Crippen molar-refractivity contribution in [2.24, 2.45) is 5.84 Å². The first-order chi connectivity index (χ1) is 10.3. The molecule has 1 aromatic heterocycles. The lowest BCUT2D eigenvalue weighted by molar-refractivity contribution is -0.120. The number of nitrogens with one attached hydrogen (secondary N) is 1. The summed E-state index contributed by atoms with van der Waals surface area (Å²) >= 11 is 0. The maximum atomic E-state index is 11.2. The van der Waals surface area contributed by atoms with Gasteiger partial charge in [-0.3, -0.25) is 14.9 Å². The van der Waals surface area contributed by atoms with Crippen molar-refractivity contribution < 1.29 is 4.79 Å². The molecule has 1 amide bonds. The van der Waals surface area contributed by atoms with Gasteiger partial charge in [0.1, 0.15) is 0 Å². The number of para-hydroxylation sites is 1. The topological polar surface area (TPSA) is 72.9 Å². The molecule has 1 heterocycles. The molecular weight excluding hydrogens is 264 g/mol. The summed E-state index contributed by atoms with van der Waals surface area (Å²) < 4.78 is 1.97. The van der Waals surface area contributed by atoms with Crippen LogP contribution in [-0.2, 0) is 17.8 Å². The molecule has 0 saturated carbocycles. The molecule has 2 aromatic carbocycles. The highest BCUT2D eigenvalue weighted by Gasteiger charge is 2.04. The molecule has 0 spiro atoms. The van der Waals surface area contributed by atoms with Crippen molar-refractivity contribution in [3.8, 4) is 0 Å². The number of carbonyl (C=O) groups is 1. The van der Waals surface area contributed by atoms with Gasteiger partial charge in [-0.25, -0.2) is 5.84 Å². The van der Waals surface area contributed by atoms with E-state index in [0.717, 1.165) is 22.0 Å². The number of benzene rings is 2. The predicted octanol–water partition coefficient (Wildman–Crippen LogP) is 1.62. The number of amides is 1. The lowest BCUT2D eigenvalue weighted by atomic mass is 10.1. The van der Waals surface area contributed by atoms with E-state index in [4.69, 9.17) is 5.84 Å². The third-order valence-corrected chi connectivity index (χ3v) is 3.43. The van der Waals surface area contributed by atoms with Crippen molar-refractivity contribution in [1.82, 2.24) is 15.2 Å². The van der Waals surface area contributed by atoms with Gasteiger partial charge >= 0.3 is 0 Å². The summed E-state index contributed by atoms with van der Waals surface area (Å²) in [5, 5.41) is 5.54. The molecule has 0 aliphatic rings. The van der Waals surface area contributed by atoms with Crippen LogP contribution < -0.4 is 11.3 Å². The number of fused-ring (bicyclic) bond motifs is 1. The summed E-state index contributed by atoms with van der Waals surface area (Å²) in [6, 6.07) is 16.0. The van der Waals surface area contributed by atoms with E-state index < -0.39 is 0 Å². The highest BCUT2D eigenvalue weighted by atomic mass is 16.2. The Kier molecular flexibility index (Phi) is 3.66. The maximum Gasteiger partial charge on any atom is 0.238 e. The number of carbonyl (C=O) groups excluding carboxylic acids is 1. The Labute approximate surface area is 122 Å². The van der Waals surface area contributed by atoms with Gasteiger partial charge in [0, 0.05) is 5.39 Å². The standard InChI is InChI=1S/C16H16N4O/c17-19-16(21)9-12-5-7-13(8-6-12)11-20-15-4-2-1-3-14(15)10-18-20/h1-8,10H,9,11,17H2,(H,19,21). The molecule has 0 bridgehead atoms. The van der Waals surface area contributed by atoms with Crippen molar-refractivity contribution in [3.63, 3.8) is 0 Å². The molecule has 0 aliphatic carbocycles. The average molecular weight is 280 g/mol. The fourth-order valence-electron chi connectivity index (χ4n) is 2.32. The van der Waals surface area contributed by atoms with E-state index in [9.17, 15) is 4.79 Å². The molecule has 21 heavy (non-hydrogen) atoms. The van der Waals surface area contributed by atoms with E-state index in [2.05, 4.69) is 16.6 Å². The van der Waals surface area contributed by atoms with E-state index >= 15 is 0 Å². The van der Waals surface area contributed by atoms with Gasteiger partial charge in [-0.2, -0.15) is 5.10 Å². The molecule has 0 atom stereocenters. The Bertz CT molecular complexity index is 761. The van der Waals surface area contributed by atoms with Crippen LogP contribution >= 0.6 is 0 Å². The summed E-state index contributed by atoms with van der Waals surface area (Å²) in [5.74, 6) is 4.89. The summed E-state index contributed by atoms with van der Waals surface area (Å²) in [4.78, 5) is 11.2. The smallest absolute Gasteiger partial charge is 0.238 e. The second kappa shape index (κ2) is 5.76. The van der Waals surface area contributed by atoms with Crippen LogP contribution in [0.2, 0.25) is 0 Å².